The highest BCUT2D eigenvalue weighted by Crippen LogP contribution is 2.45. The van der Waals surface area contributed by atoms with E-state index in [0.717, 1.165) is 25.9 Å². The zero-order valence-electron chi connectivity index (χ0n) is 10.3. The minimum absolute atomic E-state index is 0.0352. The van der Waals surface area contributed by atoms with Gasteiger partial charge in [0.05, 0.1) is 0 Å². The number of hydrogen-bond acceptors (Lipinski definition) is 3. The maximum atomic E-state index is 11.7. The fourth-order valence-electron chi connectivity index (χ4n) is 2.24. The molecule has 2 fully saturated rings. The van der Waals surface area contributed by atoms with Crippen LogP contribution in [0.3, 0.4) is 0 Å². The topological polar surface area (TPSA) is 86.7 Å². The minimum atomic E-state index is -1.21. The summed E-state index contributed by atoms with van der Waals surface area (Å²) in [6.07, 6.45) is 3.13. The van der Waals surface area contributed by atoms with Gasteiger partial charge in [0.2, 0.25) is 11.8 Å². The van der Waals surface area contributed by atoms with Crippen LogP contribution in [0.1, 0.15) is 32.1 Å². The molecule has 6 heteroatoms. The van der Waals surface area contributed by atoms with Gasteiger partial charge in [0.15, 0.2) is 0 Å². The Morgan fingerprint density at radius 1 is 1.17 bits per heavy atom. The third-order valence-corrected chi connectivity index (χ3v) is 3.68. The summed E-state index contributed by atoms with van der Waals surface area (Å²) in [7, 11) is 0. The lowest BCUT2D eigenvalue weighted by Crippen LogP contribution is -2.39. The van der Waals surface area contributed by atoms with Gasteiger partial charge in [-0.05, 0) is 25.7 Å². The van der Waals surface area contributed by atoms with Crippen molar-refractivity contribution in [3.8, 4) is 0 Å². The van der Waals surface area contributed by atoms with E-state index < -0.39 is 17.3 Å². The number of hydrogen-bond donors (Lipinski definition) is 2. The molecule has 1 aliphatic heterocycles. The highest BCUT2D eigenvalue weighted by molar-refractivity contribution is 6.04. The largest absolute Gasteiger partial charge is 0.480 e. The molecule has 1 aliphatic carbocycles. The Morgan fingerprint density at radius 3 is 2.28 bits per heavy atom. The summed E-state index contributed by atoms with van der Waals surface area (Å²) < 4.78 is 0. The highest BCUT2D eigenvalue weighted by atomic mass is 16.4. The second-order valence-corrected chi connectivity index (χ2v) is 4.98. The van der Waals surface area contributed by atoms with Gasteiger partial charge in [0.1, 0.15) is 5.41 Å². The van der Waals surface area contributed by atoms with Gasteiger partial charge < -0.3 is 15.3 Å². The number of carboxylic acid groups (broad SMARTS) is 1. The van der Waals surface area contributed by atoms with Crippen molar-refractivity contribution in [2.45, 2.75) is 32.1 Å². The summed E-state index contributed by atoms with van der Waals surface area (Å²) in [5.41, 5.74) is -1.21. The molecule has 6 nitrogen and oxygen atoms in total. The zero-order chi connectivity index (χ0) is 13.2. The maximum Gasteiger partial charge on any atom is 0.319 e. The molecular formula is C12H18N2O4. The molecule has 18 heavy (non-hydrogen) atoms. The van der Waals surface area contributed by atoms with Crippen LogP contribution in [0, 0.1) is 5.41 Å². The first-order chi connectivity index (χ1) is 8.56. The summed E-state index contributed by atoms with van der Waals surface area (Å²) in [5, 5.41) is 11.5. The van der Waals surface area contributed by atoms with E-state index >= 15 is 0 Å². The normalized spacial score (nSPS) is 20.6. The molecule has 0 aromatic heterocycles. The van der Waals surface area contributed by atoms with Crippen LogP contribution in [-0.4, -0.2) is 47.4 Å². The number of nitrogens with one attached hydrogen (secondary N) is 1. The molecule has 0 bridgehead atoms. The second kappa shape index (κ2) is 4.96. The molecule has 1 saturated carbocycles. The van der Waals surface area contributed by atoms with Crippen LogP contribution in [0.25, 0.3) is 0 Å². The van der Waals surface area contributed by atoms with Gasteiger partial charge in [0, 0.05) is 26.1 Å². The van der Waals surface area contributed by atoms with Crippen molar-refractivity contribution in [1.29, 1.82) is 0 Å². The lowest BCUT2D eigenvalue weighted by molar-refractivity contribution is -0.149. The van der Waals surface area contributed by atoms with Crippen molar-refractivity contribution in [2.24, 2.45) is 5.41 Å². The molecule has 0 aromatic carbocycles. The molecule has 2 rings (SSSR count). The van der Waals surface area contributed by atoms with E-state index in [1.165, 1.54) is 0 Å². The number of nitrogens with zero attached hydrogens (tertiary/aromatic N) is 1. The van der Waals surface area contributed by atoms with Crippen LogP contribution in [0.15, 0.2) is 0 Å². The summed E-state index contributed by atoms with van der Waals surface area (Å²) >= 11 is 0. The van der Waals surface area contributed by atoms with Crippen LogP contribution in [0.5, 0.6) is 0 Å². The average Bonchev–Trinajstić information content (AvgIpc) is 2.97. The summed E-state index contributed by atoms with van der Waals surface area (Å²) in [4.78, 5) is 36.0. The Kier molecular flexibility index (Phi) is 3.54. The quantitative estimate of drug-likeness (QED) is 0.675. The molecular weight excluding hydrogens is 236 g/mol. The van der Waals surface area contributed by atoms with E-state index in [-0.39, 0.29) is 18.9 Å². The summed E-state index contributed by atoms with van der Waals surface area (Å²) in [5.74, 6) is -1.48. The van der Waals surface area contributed by atoms with Gasteiger partial charge in [-0.1, -0.05) is 0 Å². The first-order valence-corrected chi connectivity index (χ1v) is 6.36. The van der Waals surface area contributed by atoms with E-state index in [1.807, 2.05) is 0 Å². The zero-order valence-corrected chi connectivity index (χ0v) is 10.3. The second-order valence-electron chi connectivity index (χ2n) is 4.98. The van der Waals surface area contributed by atoms with Gasteiger partial charge in [-0.25, -0.2) is 0 Å². The van der Waals surface area contributed by atoms with Gasteiger partial charge in [-0.15, -0.1) is 0 Å². The third kappa shape index (κ3) is 2.47. The number of likely N-dealkylation sites (tertiary alicyclic amines) is 1. The van der Waals surface area contributed by atoms with Crippen LogP contribution in [0.4, 0.5) is 0 Å². The standard InChI is InChI=1S/C12H18N2O4/c15-9(14-7-1-2-8-14)3-6-13-10(16)12(4-5-12)11(17)18/h1-8H2,(H,13,16)(H,17,18). The molecule has 2 amide bonds. The van der Waals surface area contributed by atoms with Crippen molar-refractivity contribution in [3.63, 3.8) is 0 Å². The number of aliphatic carboxylic acids is 1. The van der Waals surface area contributed by atoms with Crippen LogP contribution in [0.2, 0.25) is 0 Å². The number of amides is 2. The molecule has 0 aromatic rings. The number of rotatable bonds is 5. The molecule has 0 unspecified atom stereocenters. The van der Waals surface area contributed by atoms with Crippen LogP contribution >= 0.6 is 0 Å². The average molecular weight is 254 g/mol. The molecule has 0 spiro atoms. The number of carbonyl (C=O) groups is 3. The monoisotopic (exact) mass is 254 g/mol. The first-order valence-electron chi connectivity index (χ1n) is 6.36. The Bertz CT molecular complexity index is 370. The molecule has 2 N–H and O–H groups in total. The fraction of sp³-hybridized carbons (Fsp3) is 0.750. The van der Waals surface area contributed by atoms with Gasteiger partial charge >= 0.3 is 5.97 Å². The fourth-order valence-corrected chi connectivity index (χ4v) is 2.24. The summed E-state index contributed by atoms with van der Waals surface area (Å²) in [6, 6.07) is 0. The first kappa shape index (κ1) is 12.9. The smallest absolute Gasteiger partial charge is 0.319 e. The van der Waals surface area contributed by atoms with Crippen molar-refractivity contribution in [2.75, 3.05) is 19.6 Å². The number of carbonyl (C=O) groups excluding carboxylic acids is 2. The van der Waals surface area contributed by atoms with Gasteiger partial charge in [-0.2, -0.15) is 0 Å². The highest BCUT2D eigenvalue weighted by Gasteiger charge is 2.56. The molecule has 100 valence electrons. The SMILES string of the molecule is O=C(CCNC(=O)C1(C(=O)O)CC1)N1CCCC1. The molecule has 0 radical (unpaired) electrons. The van der Waals surface area contributed by atoms with Crippen molar-refractivity contribution in [1.82, 2.24) is 10.2 Å². The Balaban J connectivity index is 1.71. The Hall–Kier alpha value is -1.59. The van der Waals surface area contributed by atoms with Crippen molar-refractivity contribution < 1.29 is 19.5 Å². The van der Waals surface area contributed by atoms with E-state index in [2.05, 4.69) is 5.32 Å². The summed E-state index contributed by atoms with van der Waals surface area (Å²) in [6.45, 7) is 1.82. The predicted molar refractivity (Wildman–Crippen MR) is 62.7 cm³/mol. The Morgan fingerprint density at radius 2 is 1.78 bits per heavy atom. The van der Waals surface area contributed by atoms with Gasteiger partial charge in [-0.3, -0.25) is 14.4 Å². The van der Waals surface area contributed by atoms with E-state index in [4.69, 9.17) is 5.11 Å². The van der Waals surface area contributed by atoms with Crippen molar-refractivity contribution in [3.05, 3.63) is 0 Å². The molecule has 0 atom stereocenters. The maximum absolute atomic E-state index is 11.7. The van der Waals surface area contributed by atoms with E-state index in [9.17, 15) is 14.4 Å². The Labute approximate surface area is 105 Å². The predicted octanol–water partition coefficient (Wildman–Crippen LogP) is -0.0201. The van der Waals surface area contributed by atoms with Crippen molar-refractivity contribution >= 4 is 17.8 Å². The lowest BCUT2D eigenvalue weighted by Gasteiger charge is -2.16. The molecule has 1 saturated heterocycles. The van der Waals surface area contributed by atoms with Gasteiger partial charge in [0.25, 0.3) is 0 Å². The van der Waals surface area contributed by atoms with Crippen LogP contribution < -0.4 is 5.32 Å². The molecule has 2 aliphatic rings. The minimum Gasteiger partial charge on any atom is -0.480 e. The lowest BCUT2D eigenvalue weighted by atomic mass is 10.1. The number of carboxylic acids is 1. The van der Waals surface area contributed by atoms with Crippen LogP contribution in [-0.2, 0) is 14.4 Å². The van der Waals surface area contributed by atoms with E-state index in [1.54, 1.807) is 4.90 Å². The molecule has 1 heterocycles. The third-order valence-electron chi connectivity index (χ3n) is 3.68. The van der Waals surface area contributed by atoms with E-state index in [0.29, 0.717) is 12.8 Å².